The summed E-state index contributed by atoms with van der Waals surface area (Å²) in [6.45, 7) is 3.44. The van der Waals surface area contributed by atoms with Crippen LogP contribution < -0.4 is 14.8 Å². The van der Waals surface area contributed by atoms with Crippen LogP contribution in [0.3, 0.4) is 0 Å². The number of rotatable bonds is 6. The summed E-state index contributed by atoms with van der Waals surface area (Å²) in [6, 6.07) is 19.8. The molecule has 6 nitrogen and oxygen atoms in total. The molecule has 7 heteroatoms. The van der Waals surface area contributed by atoms with E-state index in [0.717, 1.165) is 5.56 Å². The Bertz CT molecular complexity index is 1240. The average Bonchev–Trinajstić information content (AvgIpc) is 3.17. The SMILES string of the molecule is COc1ccc(-c2nc3cc(NC(=O)C(C)(C)Oc4ccccc4)ccc3o2)cc1Cl. The van der Waals surface area contributed by atoms with Crippen molar-refractivity contribution in [2.75, 3.05) is 12.4 Å². The number of para-hydroxylation sites is 1. The van der Waals surface area contributed by atoms with Crippen molar-refractivity contribution in [3.05, 3.63) is 71.8 Å². The maximum absolute atomic E-state index is 12.8. The van der Waals surface area contributed by atoms with Crippen LogP contribution in [-0.2, 0) is 4.79 Å². The Kier molecular flexibility index (Phi) is 5.57. The molecule has 4 aromatic rings. The van der Waals surface area contributed by atoms with Gasteiger partial charge in [-0.25, -0.2) is 4.98 Å². The number of carbonyl (C=O) groups is 1. The molecule has 158 valence electrons. The molecule has 0 spiro atoms. The molecule has 3 aromatic carbocycles. The monoisotopic (exact) mass is 436 g/mol. The molecule has 0 saturated carbocycles. The minimum Gasteiger partial charge on any atom is -0.495 e. The highest BCUT2D eigenvalue weighted by molar-refractivity contribution is 6.32. The van der Waals surface area contributed by atoms with Crippen molar-refractivity contribution < 1.29 is 18.7 Å². The number of nitrogens with zero attached hydrogens (tertiary/aromatic N) is 1. The predicted molar refractivity (Wildman–Crippen MR) is 121 cm³/mol. The number of hydrogen-bond acceptors (Lipinski definition) is 5. The first-order chi connectivity index (χ1) is 14.9. The van der Waals surface area contributed by atoms with Crippen molar-refractivity contribution in [2.45, 2.75) is 19.4 Å². The fraction of sp³-hybridized carbons (Fsp3) is 0.167. The third kappa shape index (κ3) is 4.49. The van der Waals surface area contributed by atoms with Crippen LogP contribution in [0.5, 0.6) is 11.5 Å². The van der Waals surface area contributed by atoms with Crippen molar-refractivity contribution in [3.63, 3.8) is 0 Å². The lowest BCUT2D eigenvalue weighted by Crippen LogP contribution is -2.42. The molecule has 31 heavy (non-hydrogen) atoms. The van der Waals surface area contributed by atoms with Crippen LogP contribution >= 0.6 is 11.6 Å². The first kappa shape index (κ1) is 20.8. The van der Waals surface area contributed by atoms with Crippen molar-refractivity contribution in [2.24, 2.45) is 0 Å². The molecule has 0 atom stereocenters. The number of benzene rings is 3. The smallest absolute Gasteiger partial charge is 0.267 e. The van der Waals surface area contributed by atoms with Gasteiger partial charge in [-0.3, -0.25) is 4.79 Å². The molecule has 0 unspecified atom stereocenters. The van der Waals surface area contributed by atoms with Crippen molar-refractivity contribution in [1.29, 1.82) is 0 Å². The van der Waals surface area contributed by atoms with Gasteiger partial charge in [-0.1, -0.05) is 29.8 Å². The molecule has 0 saturated heterocycles. The number of oxazole rings is 1. The summed E-state index contributed by atoms with van der Waals surface area (Å²) in [4.78, 5) is 17.3. The van der Waals surface area contributed by atoms with Gasteiger partial charge in [0.05, 0.1) is 12.1 Å². The second-order valence-electron chi connectivity index (χ2n) is 7.43. The zero-order valence-corrected chi connectivity index (χ0v) is 18.1. The van der Waals surface area contributed by atoms with E-state index in [1.165, 1.54) is 0 Å². The van der Waals surface area contributed by atoms with E-state index in [4.69, 9.17) is 25.5 Å². The molecule has 1 N–H and O–H groups in total. The molecular formula is C24H21ClN2O4. The number of anilines is 1. The van der Waals surface area contributed by atoms with E-state index < -0.39 is 5.60 Å². The quantitative estimate of drug-likeness (QED) is 0.404. The molecule has 0 aliphatic carbocycles. The van der Waals surface area contributed by atoms with Crippen molar-refractivity contribution >= 4 is 34.3 Å². The summed E-state index contributed by atoms with van der Waals surface area (Å²) in [5.74, 6) is 1.35. The second kappa shape index (κ2) is 8.32. The summed E-state index contributed by atoms with van der Waals surface area (Å²) in [5, 5.41) is 3.35. The van der Waals surface area contributed by atoms with Gasteiger partial charge in [-0.2, -0.15) is 0 Å². The first-order valence-electron chi connectivity index (χ1n) is 9.66. The standard InChI is InChI=1S/C24H21ClN2O4/c1-24(2,31-17-7-5-4-6-8-17)23(28)26-16-10-12-21-19(14-16)27-22(30-21)15-9-11-20(29-3)18(25)13-15/h4-14H,1-3H3,(H,26,28). The van der Waals surface area contributed by atoms with Crippen molar-refractivity contribution in [3.8, 4) is 23.0 Å². The second-order valence-corrected chi connectivity index (χ2v) is 7.84. The van der Waals surface area contributed by atoms with E-state index >= 15 is 0 Å². The van der Waals surface area contributed by atoms with Gasteiger partial charge in [0.15, 0.2) is 11.2 Å². The Labute approximate surface area is 184 Å². The average molecular weight is 437 g/mol. The lowest BCUT2D eigenvalue weighted by molar-refractivity contribution is -0.128. The number of fused-ring (bicyclic) bond motifs is 1. The molecule has 1 heterocycles. The van der Waals surface area contributed by atoms with Crippen LogP contribution in [0.2, 0.25) is 5.02 Å². The van der Waals surface area contributed by atoms with E-state index in [2.05, 4.69) is 10.3 Å². The van der Waals surface area contributed by atoms with E-state index in [0.29, 0.717) is 39.2 Å². The van der Waals surface area contributed by atoms with E-state index in [-0.39, 0.29) is 5.91 Å². The Morgan fingerprint density at radius 2 is 1.84 bits per heavy atom. The van der Waals surface area contributed by atoms with Crippen LogP contribution in [0.4, 0.5) is 5.69 Å². The molecule has 0 radical (unpaired) electrons. The number of aromatic nitrogens is 1. The normalized spacial score (nSPS) is 11.4. The number of carbonyl (C=O) groups excluding carboxylic acids is 1. The fourth-order valence-corrected chi connectivity index (χ4v) is 3.30. The minimum absolute atomic E-state index is 0.277. The van der Waals surface area contributed by atoms with E-state index in [1.54, 1.807) is 51.3 Å². The van der Waals surface area contributed by atoms with Gasteiger partial charge >= 0.3 is 0 Å². The molecule has 1 aromatic heterocycles. The highest BCUT2D eigenvalue weighted by Gasteiger charge is 2.30. The third-order valence-corrected chi connectivity index (χ3v) is 5.00. The molecule has 0 fully saturated rings. The number of ether oxygens (including phenoxy) is 2. The zero-order valence-electron chi connectivity index (χ0n) is 17.3. The van der Waals surface area contributed by atoms with Crippen LogP contribution in [0.15, 0.2) is 71.1 Å². The zero-order chi connectivity index (χ0) is 22.0. The van der Waals surface area contributed by atoms with Gasteiger partial charge in [0.1, 0.15) is 17.0 Å². The Balaban J connectivity index is 1.54. The summed E-state index contributed by atoms with van der Waals surface area (Å²) in [5.41, 5.74) is 1.46. The van der Waals surface area contributed by atoms with Gasteiger partial charge in [-0.05, 0) is 62.4 Å². The minimum atomic E-state index is -1.06. The number of nitrogens with one attached hydrogen (secondary N) is 1. The molecule has 0 aliphatic heterocycles. The molecule has 1 amide bonds. The third-order valence-electron chi connectivity index (χ3n) is 4.71. The molecular weight excluding hydrogens is 416 g/mol. The highest BCUT2D eigenvalue weighted by atomic mass is 35.5. The summed E-state index contributed by atoms with van der Waals surface area (Å²) in [6.07, 6.45) is 0. The van der Waals surface area contributed by atoms with Gasteiger partial charge in [0.2, 0.25) is 5.89 Å². The summed E-state index contributed by atoms with van der Waals surface area (Å²) < 4.78 is 16.9. The van der Waals surface area contributed by atoms with Crippen LogP contribution in [0.25, 0.3) is 22.6 Å². The molecule has 4 rings (SSSR count). The maximum Gasteiger partial charge on any atom is 0.267 e. The Hall–Kier alpha value is -3.51. The first-order valence-corrected chi connectivity index (χ1v) is 10.0. The van der Waals surface area contributed by atoms with Crippen molar-refractivity contribution in [1.82, 2.24) is 4.98 Å². The Morgan fingerprint density at radius 3 is 2.55 bits per heavy atom. The number of methoxy groups -OCH3 is 1. The van der Waals surface area contributed by atoms with Crippen LogP contribution in [0.1, 0.15) is 13.8 Å². The lowest BCUT2D eigenvalue weighted by atomic mass is 10.1. The van der Waals surface area contributed by atoms with E-state index in [1.807, 2.05) is 36.4 Å². The fourth-order valence-electron chi connectivity index (χ4n) is 3.04. The number of halogens is 1. The van der Waals surface area contributed by atoms with Gasteiger partial charge in [0, 0.05) is 11.3 Å². The highest BCUT2D eigenvalue weighted by Crippen LogP contribution is 2.32. The number of amides is 1. The lowest BCUT2D eigenvalue weighted by Gasteiger charge is -2.25. The van der Waals surface area contributed by atoms with Crippen LogP contribution in [0, 0.1) is 0 Å². The molecule has 0 aliphatic rings. The summed E-state index contributed by atoms with van der Waals surface area (Å²) >= 11 is 6.21. The Morgan fingerprint density at radius 1 is 1.06 bits per heavy atom. The van der Waals surface area contributed by atoms with E-state index in [9.17, 15) is 4.79 Å². The van der Waals surface area contributed by atoms with Gasteiger partial charge in [0.25, 0.3) is 5.91 Å². The summed E-state index contributed by atoms with van der Waals surface area (Å²) in [7, 11) is 1.56. The topological polar surface area (TPSA) is 73.6 Å². The predicted octanol–water partition coefficient (Wildman–Crippen LogP) is 5.95. The molecule has 0 bridgehead atoms. The number of hydrogen-bond donors (Lipinski definition) is 1. The van der Waals surface area contributed by atoms with Crippen LogP contribution in [-0.4, -0.2) is 23.6 Å². The van der Waals surface area contributed by atoms with Gasteiger partial charge in [-0.15, -0.1) is 0 Å². The maximum atomic E-state index is 12.8. The van der Waals surface area contributed by atoms with Gasteiger partial charge < -0.3 is 19.2 Å². The largest absolute Gasteiger partial charge is 0.495 e.